The van der Waals surface area contributed by atoms with Crippen molar-refractivity contribution in [2.24, 2.45) is 0 Å². The highest BCUT2D eigenvalue weighted by Gasteiger charge is 2.03. The molecule has 0 fully saturated rings. The maximum Gasteiger partial charge on any atom is 0.128 e. The van der Waals surface area contributed by atoms with Crippen molar-refractivity contribution in [3.8, 4) is 0 Å². The van der Waals surface area contributed by atoms with Gasteiger partial charge in [-0.15, -0.1) is 0 Å². The van der Waals surface area contributed by atoms with Crippen molar-refractivity contribution < 1.29 is 0 Å². The standard InChI is InChI=1S/C12H13Br2N3/c1-2-17-6-5-15-12(17)8-16-11-7-9(13)3-4-10(11)14/h3-7,16H,2,8H2,1H3. The van der Waals surface area contributed by atoms with Crippen LogP contribution in [0.1, 0.15) is 12.7 Å². The number of rotatable bonds is 4. The van der Waals surface area contributed by atoms with Gasteiger partial charge < -0.3 is 9.88 Å². The second-order valence-corrected chi connectivity index (χ2v) is 5.38. The fourth-order valence-electron chi connectivity index (χ4n) is 1.60. The Balaban J connectivity index is 2.09. The summed E-state index contributed by atoms with van der Waals surface area (Å²) >= 11 is 6.98. The highest BCUT2D eigenvalue weighted by molar-refractivity contribution is 9.11. The van der Waals surface area contributed by atoms with Crippen molar-refractivity contribution in [1.29, 1.82) is 0 Å². The average Bonchev–Trinajstić information content (AvgIpc) is 2.77. The van der Waals surface area contributed by atoms with E-state index in [0.717, 1.165) is 33.5 Å². The molecular formula is C12H13Br2N3. The molecule has 0 aliphatic rings. The molecular weight excluding hydrogens is 346 g/mol. The Morgan fingerprint density at radius 1 is 1.35 bits per heavy atom. The van der Waals surface area contributed by atoms with E-state index in [1.54, 1.807) is 0 Å². The average molecular weight is 359 g/mol. The van der Waals surface area contributed by atoms with Crippen molar-refractivity contribution in [3.05, 3.63) is 45.4 Å². The van der Waals surface area contributed by atoms with Crippen LogP contribution in [0.4, 0.5) is 5.69 Å². The quantitative estimate of drug-likeness (QED) is 0.893. The molecule has 3 nitrogen and oxygen atoms in total. The summed E-state index contributed by atoms with van der Waals surface area (Å²) in [6, 6.07) is 6.06. The summed E-state index contributed by atoms with van der Waals surface area (Å²) in [6.07, 6.45) is 3.82. The molecule has 90 valence electrons. The predicted molar refractivity (Wildman–Crippen MR) is 77.1 cm³/mol. The molecule has 0 amide bonds. The Bertz CT molecular complexity index is 508. The van der Waals surface area contributed by atoms with E-state index < -0.39 is 0 Å². The smallest absolute Gasteiger partial charge is 0.128 e. The summed E-state index contributed by atoms with van der Waals surface area (Å²) in [6.45, 7) is 3.77. The first-order valence-corrected chi connectivity index (χ1v) is 6.98. The second-order valence-electron chi connectivity index (χ2n) is 3.61. The van der Waals surface area contributed by atoms with Gasteiger partial charge in [-0.05, 0) is 41.1 Å². The topological polar surface area (TPSA) is 29.9 Å². The summed E-state index contributed by atoms with van der Waals surface area (Å²) in [7, 11) is 0. The van der Waals surface area contributed by atoms with Gasteiger partial charge in [0, 0.05) is 33.6 Å². The van der Waals surface area contributed by atoms with Crippen LogP contribution in [0.5, 0.6) is 0 Å². The number of hydrogen-bond donors (Lipinski definition) is 1. The SMILES string of the molecule is CCn1ccnc1CNc1cc(Br)ccc1Br. The molecule has 1 aromatic carbocycles. The first-order chi connectivity index (χ1) is 8.20. The summed E-state index contributed by atoms with van der Waals surface area (Å²) in [4.78, 5) is 4.33. The summed E-state index contributed by atoms with van der Waals surface area (Å²) in [5.41, 5.74) is 1.06. The summed E-state index contributed by atoms with van der Waals surface area (Å²) < 4.78 is 4.23. The lowest BCUT2D eigenvalue weighted by molar-refractivity contribution is 0.708. The molecule has 0 aliphatic heterocycles. The van der Waals surface area contributed by atoms with Crippen LogP contribution in [0.3, 0.4) is 0 Å². The molecule has 0 saturated carbocycles. The largest absolute Gasteiger partial charge is 0.377 e. The number of halogens is 2. The zero-order valence-electron chi connectivity index (χ0n) is 9.45. The molecule has 0 aliphatic carbocycles. The molecule has 0 bridgehead atoms. The van der Waals surface area contributed by atoms with E-state index in [0.29, 0.717) is 0 Å². The van der Waals surface area contributed by atoms with E-state index in [-0.39, 0.29) is 0 Å². The van der Waals surface area contributed by atoms with Crippen LogP contribution in [0.25, 0.3) is 0 Å². The number of imidazole rings is 1. The monoisotopic (exact) mass is 357 g/mol. The van der Waals surface area contributed by atoms with Gasteiger partial charge >= 0.3 is 0 Å². The van der Waals surface area contributed by atoms with Crippen LogP contribution in [-0.4, -0.2) is 9.55 Å². The lowest BCUT2D eigenvalue weighted by Gasteiger charge is -2.10. The number of aryl methyl sites for hydroxylation is 1. The molecule has 0 atom stereocenters. The molecule has 1 N–H and O–H groups in total. The molecule has 0 spiro atoms. The first-order valence-electron chi connectivity index (χ1n) is 5.39. The van der Waals surface area contributed by atoms with E-state index in [4.69, 9.17) is 0 Å². The van der Waals surface area contributed by atoms with Crippen LogP contribution in [-0.2, 0) is 13.1 Å². The van der Waals surface area contributed by atoms with Gasteiger partial charge in [0.1, 0.15) is 5.82 Å². The molecule has 5 heteroatoms. The lowest BCUT2D eigenvalue weighted by Crippen LogP contribution is -2.07. The molecule has 1 aromatic heterocycles. The Labute approximate surface area is 118 Å². The highest BCUT2D eigenvalue weighted by Crippen LogP contribution is 2.26. The number of nitrogens with zero attached hydrogens (tertiary/aromatic N) is 2. The van der Waals surface area contributed by atoms with Crippen molar-refractivity contribution in [2.75, 3.05) is 5.32 Å². The van der Waals surface area contributed by atoms with Crippen LogP contribution in [0.15, 0.2) is 39.5 Å². The van der Waals surface area contributed by atoms with E-state index in [1.165, 1.54) is 0 Å². The van der Waals surface area contributed by atoms with Gasteiger partial charge in [0.2, 0.25) is 0 Å². The molecule has 0 saturated heterocycles. The molecule has 2 aromatic rings. The van der Waals surface area contributed by atoms with Gasteiger partial charge in [-0.1, -0.05) is 15.9 Å². The predicted octanol–water partition coefficient (Wildman–Crippen LogP) is 4.04. The number of nitrogens with one attached hydrogen (secondary N) is 1. The van der Waals surface area contributed by atoms with Crippen LogP contribution in [0.2, 0.25) is 0 Å². The third-order valence-electron chi connectivity index (χ3n) is 2.51. The normalized spacial score (nSPS) is 10.5. The zero-order valence-corrected chi connectivity index (χ0v) is 12.6. The van der Waals surface area contributed by atoms with E-state index in [2.05, 4.69) is 53.7 Å². The van der Waals surface area contributed by atoms with Gasteiger partial charge in [-0.3, -0.25) is 0 Å². The maximum absolute atomic E-state index is 4.33. The van der Waals surface area contributed by atoms with E-state index in [1.807, 2.05) is 30.6 Å². The van der Waals surface area contributed by atoms with Crippen molar-refractivity contribution in [2.45, 2.75) is 20.0 Å². The van der Waals surface area contributed by atoms with Gasteiger partial charge in [-0.25, -0.2) is 4.98 Å². The lowest BCUT2D eigenvalue weighted by atomic mass is 10.3. The summed E-state index contributed by atoms with van der Waals surface area (Å²) in [5, 5.41) is 3.37. The third kappa shape index (κ3) is 3.10. The minimum atomic E-state index is 0.718. The Morgan fingerprint density at radius 3 is 2.94 bits per heavy atom. The number of benzene rings is 1. The van der Waals surface area contributed by atoms with E-state index >= 15 is 0 Å². The summed E-state index contributed by atoms with van der Waals surface area (Å²) in [5.74, 6) is 1.04. The fourth-order valence-corrected chi connectivity index (χ4v) is 2.35. The van der Waals surface area contributed by atoms with Gasteiger partial charge in [0.25, 0.3) is 0 Å². The van der Waals surface area contributed by atoms with Crippen LogP contribution >= 0.6 is 31.9 Å². The van der Waals surface area contributed by atoms with Crippen LogP contribution in [0, 0.1) is 0 Å². The second kappa shape index (κ2) is 5.69. The van der Waals surface area contributed by atoms with Crippen LogP contribution < -0.4 is 5.32 Å². The molecule has 0 radical (unpaired) electrons. The molecule has 17 heavy (non-hydrogen) atoms. The van der Waals surface area contributed by atoms with Gasteiger partial charge in [-0.2, -0.15) is 0 Å². The maximum atomic E-state index is 4.33. The van der Waals surface area contributed by atoms with Crippen molar-refractivity contribution in [3.63, 3.8) is 0 Å². The fraction of sp³-hybridized carbons (Fsp3) is 0.250. The van der Waals surface area contributed by atoms with E-state index in [9.17, 15) is 0 Å². The Kier molecular flexibility index (Phi) is 4.23. The minimum absolute atomic E-state index is 0.718. The zero-order chi connectivity index (χ0) is 12.3. The van der Waals surface area contributed by atoms with Crippen molar-refractivity contribution >= 4 is 37.5 Å². The minimum Gasteiger partial charge on any atom is -0.377 e. The Morgan fingerprint density at radius 2 is 2.18 bits per heavy atom. The van der Waals surface area contributed by atoms with Crippen molar-refractivity contribution in [1.82, 2.24) is 9.55 Å². The number of aromatic nitrogens is 2. The number of anilines is 1. The van der Waals surface area contributed by atoms with Gasteiger partial charge in [0.15, 0.2) is 0 Å². The Hall–Kier alpha value is -0.810. The number of hydrogen-bond acceptors (Lipinski definition) is 2. The molecule has 2 rings (SSSR count). The third-order valence-corrected chi connectivity index (χ3v) is 3.69. The highest BCUT2D eigenvalue weighted by atomic mass is 79.9. The first kappa shape index (κ1) is 12.6. The van der Waals surface area contributed by atoms with Gasteiger partial charge in [0.05, 0.1) is 6.54 Å². The molecule has 1 heterocycles. The molecule has 0 unspecified atom stereocenters.